The molecule has 142 valence electrons. The highest BCUT2D eigenvalue weighted by atomic mass is 79.9. The summed E-state index contributed by atoms with van der Waals surface area (Å²) in [6.45, 7) is 0. The fourth-order valence-corrected chi connectivity index (χ4v) is 2.39. The molecule has 4 N–H and O–H groups in total. The van der Waals surface area contributed by atoms with Gasteiger partial charge in [-0.3, -0.25) is 14.4 Å². The zero-order valence-electron chi connectivity index (χ0n) is 13.6. The van der Waals surface area contributed by atoms with Crippen LogP contribution < -0.4 is 10.9 Å². The third kappa shape index (κ3) is 5.14. The molecule has 11 heteroatoms. The number of rotatable bonds is 7. The van der Waals surface area contributed by atoms with Crippen LogP contribution in [0.3, 0.4) is 0 Å². The van der Waals surface area contributed by atoms with Crippen LogP contribution in [0.1, 0.15) is 23.3 Å². The Balaban J connectivity index is 2.33. The normalized spacial score (nSPS) is 11.6. The van der Waals surface area contributed by atoms with Gasteiger partial charge >= 0.3 is 11.9 Å². The van der Waals surface area contributed by atoms with E-state index in [1.807, 2.05) is 0 Å². The number of benzene rings is 1. The second-order valence-corrected chi connectivity index (χ2v) is 6.32. The van der Waals surface area contributed by atoms with Crippen molar-refractivity contribution in [1.82, 2.24) is 15.1 Å². The molecule has 1 aromatic heterocycles. The van der Waals surface area contributed by atoms with Gasteiger partial charge in [-0.05, 0) is 30.7 Å². The minimum Gasteiger partial charge on any atom is -0.505 e. The molecule has 2 rings (SSSR count). The molecule has 0 bridgehead atoms. The van der Waals surface area contributed by atoms with Crippen molar-refractivity contribution in [2.75, 3.05) is 0 Å². The number of nitrogens with zero attached hydrogens (tertiary/aromatic N) is 2. The van der Waals surface area contributed by atoms with Crippen molar-refractivity contribution in [2.45, 2.75) is 18.9 Å². The first-order valence-corrected chi connectivity index (χ1v) is 8.33. The first-order valence-electron chi connectivity index (χ1n) is 7.53. The average molecular weight is 440 g/mol. The summed E-state index contributed by atoms with van der Waals surface area (Å²) in [4.78, 5) is 46.1. The van der Waals surface area contributed by atoms with E-state index in [1.54, 1.807) is 24.3 Å². The maximum atomic E-state index is 12.3. The van der Waals surface area contributed by atoms with Crippen LogP contribution in [0.2, 0.25) is 0 Å². The summed E-state index contributed by atoms with van der Waals surface area (Å²) in [5, 5.41) is 33.5. The summed E-state index contributed by atoms with van der Waals surface area (Å²) in [6, 6.07) is 5.65. The van der Waals surface area contributed by atoms with E-state index in [4.69, 9.17) is 10.2 Å². The maximum absolute atomic E-state index is 12.3. The fourth-order valence-electron chi connectivity index (χ4n) is 2.13. The number of aromatic hydroxyl groups is 1. The van der Waals surface area contributed by atoms with Gasteiger partial charge in [0.1, 0.15) is 6.04 Å². The van der Waals surface area contributed by atoms with Gasteiger partial charge < -0.3 is 20.6 Å². The molecule has 10 nitrogen and oxygen atoms in total. The summed E-state index contributed by atoms with van der Waals surface area (Å²) in [5.74, 6) is -4.45. The number of hydrogen-bond acceptors (Lipinski definition) is 6. The second kappa shape index (κ2) is 8.45. The predicted octanol–water partition coefficient (Wildman–Crippen LogP) is 0.748. The third-order valence-electron chi connectivity index (χ3n) is 3.45. The van der Waals surface area contributed by atoms with E-state index in [9.17, 15) is 24.3 Å². The molecular formula is C16H14BrN3O7. The summed E-state index contributed by atoms with van der Waals surface area (Å²) in [5.41, 5.74) is -0.955. The summed E-state index contributed by atoms with van der Waals surface area (Å²) < 4.78 is 1.62. The van der Waals surface area contributed by atoms with Crippen molar-refractivity contribution in [1.29, 1.82) is 0 Å². The topological polar surface area (TPSA) is 159 Å². The van der Waals surface area contributed by atoms with Crippen molar-refractivity contribution in [3.63, 3.8) is 0 Å². The quantitative estimate of drug-likeness (QED) is 0.491. The number of carbonyl (C=O) groups is 3. The standard InChI is InChI=1S/C16H14BrN3O7/c17-8-1-3-9(4-2-8)20-12(22)7-11(21)14(19-20)15(25)18-10(16(26)27)5-6-13(23)24/h1-4,7,10,21H,5-6H2,(H,18,25)(H,23,24)(H,26,27)/t10-/m0/s1. The monoisotopic (exact) mass is 439 g/mol. The zero-order chi connectivity index (χ0) is 20.1. The van der Waals surface area contributed by atoms with Crippen molar-refractivity contribution in [2.24, 2.45) is 0 Å². The van der Waals surface area contributed by atoms with Gasteiger partial charge in [0, 0.05) is 17.0 Å². The molecule has 1 heterocycles. The number of carboxylic acid groups (broad SMARTS) is 2. The highest BCUT2D eigenvalue weighted by molar-refractivity contribution is 9.10. The van der Waals surface area contributed by atoms with Gasteiger partial charge in [-0.2, -0.15) is 9.78 Å². The fraction of sp³-hybridized carbons (Fsp3) is 0.188. The van der Waals surface area contributed by atoms with Gasteiger partial charge in [0.2, 0.25) is 0 Å². The maximum Gasteiger partial charge on any atom is 0.326 e. The number of aromatic nitrogens is 2. The summed E-state index contributed by atoms with van der Waals surface area (Å²) >= 11 is 3.24. The van der Waals surface area contributed by atoms with Crippen LogP contribution in [-0.4, -0.2) is 49.0 Å². The van der Waals surface area contributed by atoms with E-state index in [0.717, 1.165) is 15.2 Å². The van der Waals surface area contributed by atoms with E-state index in [1.165, 1.54) is 0 Å². The van der Waals surface area contributed by atoms with Crippen molar-refractivity contribution < 1.29 is 29.7 Å². The lowest BCUT2D eigenvalue weighted by Crippen LogP contribution is -2.42. The number of nitrogens with one attached hydrogen (secondary N) is 1. The SMILES string of the molecule is O=C(O)CC[C@H](NC(=O)c1nn(-c2ccc(Br)cc2)c(=O)cc1O)C(=O)O. The van der Waals surface area contributed by atoms with E-state index in [-0.39, 0.29) is 6.42 Å². The minimum absolute atomic E-state index is 0.318. The van der Waals surface area contributed by atoms with Crippen LogP contribution in [0.5, 0.6) is 5.75 Å². The molecule has 0 aliphatic heterocycles. The minimum atomic E-state index is -1.50. The van der Waals surface area contributed by atoms with Crippen molar-refractivity contribution in [3.8, 4) is 11.4 Å². The van der Waals surface area contributed by atoms with E-state index in [0.29, 0.717) is 5.69 Å². The molecular weight excluding hydrogens is 426 g/mol. The first kappa shape index (κ1) is 20.1. The Bertz CT molecular complexity index is 940. The smallest absolute Gasteiger partial charge is 0.326 e. The molecule has 1 amide bonds. The van der Waals surface area contributed by atoms with Crippen LogP contribution in [-0.2, 0) is 9.59 Å². The van der Waals surface area contributed by atoms with Gasteiger partial charge in [-0.1, -0.05) is 15.9 Å². The molecule has 0 radical (unpaired) electrons. The Morgan fingerprint density at radius 2 is 1.81 bits per heavy atom. The van der Waals surface area contributed by atoms with E-state index >= 15 is 0 Å². The molecule has 2 aromatic rings. The second-order valence-electron chi connectivity index (χ2n) is 5.40. The molecule has 0 saturated carbocycles. The van der Waals surface area contributed by atoms with Crippen LogP contribution in [0, 0.1) is 0 Å². The van der Waals surface area contributed by atoms with Gasteiger partial charge in [0.25, 0.3) is 11.5 Å². The van der Waals surface area contributed by atoms with Gasteiger partial charge in [-0.25, -0.2) is 4.79 Å². The van der Waals surface area contributed by atoms with E-state index in [2.05, 4.69) is 26.3 Å². The zero-order valence-corrected chi connectivity index (χ0v) is 15.2. The van der Waals surface area contributed by atoms with Gasteiger partial charge in [-0.15, -0.1) is 0 Å². The van der Waals surface area contributed by atoms with Crippen LogP contribution in [0.15, 0.2) is 39.6 Å². The molecule has 0 unspecified atom stereocenters. The van der Waals surface area contributed by atoms with E-state index < -0.39 is 47.3 Å². The predicted molar refractivity (Wildman–Crippen MR) is 95.0 cm³/mol. The lowest BCUT2D eigenvalue weighted by atomic mass is 10.1. The Morgan fingerprint density at radius 1 is 1.19 bits per heavy atom. The molecule has 0 spiro atoms. The van der Waals surface area contributed by atoms with Gasteiger partial charge in [0.05, 0.1) is 5.69 Å². The highest BCUT2D eigenvalue weighted by Gasteiger charge is 2.25. The molecule has 0 fully saturated rings. The number of amides is 1. The lowest BCUT2D eigenvalue weighted by Gasteiger charge is -2.14. The molecule has 1 atom stereocenters. The van der Waals surface area contributed by atoms with Crippen LogP contribution in [0.4, 0.5) is 0 Å². The first-order chi connectivity index (χ1) is 12.7. The summed E-state index contributed by atoms with van der Waals surface area (Å²) in [7, 11) is 0. The number of halogens is 1. The number of hydrogen-bond donors (Lipinski definition) is 4. The molecule has 27 heavy (non-hydrogen) atoms. The Morgan fingerprint density at radius 3 is 2.37 bits per heavy atom. The molecule has 0 aliphatic rings. The lowest BCUT2D eigenvalue weighted by molar-refractivity contribution is -0.140. The summed E-state index contributed by atoms with van der Waals surface area (Å²) in [6.07, 6.45) is -0.835. The molecule has 0 saturated heterocycles. The van der Waals surface area contributed by atoms with Gasteiger partial charge in [0.15, 0.2) is 11.4 Å². The Kier molecular flexibility index (Phi) is 6.29. The third-order valence-corrected chi connectivity index (χ3v) is 3.98. The Hall–Kier alpha value is -3.21. The number of carbonyl (C=O) groups excluding carboxylic acids is 1. The Labute approximate surface area is 160 Å². The van der Waals surface area contributed by atoms with Crippen LogP contribution >= 0.6 is 15.9 Å². The van der Waals surface area contributed by atoms with Crippen LogP contribution in [0.25, 0.3) is 5.69 Å². The number of aliphatic carboxylic acids is 2. The van der Waals surface area contributed by atoms with Crippen molar-refractivity contribution in [3.05, 3.63) is 50.9 Å². The highest BCUT2D eigenvalue weighted by Crippen LogP contribution is 2.15. The van der Waals surface area contributed by atoms with Crippen molar-refractivity contribution >= 4 is 33.8 Å². The largest absolute Gasteiger partial charge is 0.505 e. The average Bonchev–Trinajstić information content (AvgIpc) is 2.59. The molecule has 0 aliphatic carbocycles. The molecule has 1 aromatic carbocycles. The number of carboxylic acids is 2.